The van der Waals surface area contributed by atoms with Gasteiger partial charge in [0, 0.05) is 11.9 Å². The third-order valence-electron chi connectivity index (χ3n) is 3.62. The Morgan fingerprint density at radius 3 is 2.71 bits per heavy atom. The maximum absolute atomic E-state index is 12.6. The number of aliphatic hydroxyl groups excluding tert-OH is 1. The van der Waals surface area contributed by atoms with Gasteiger partial charge in [0.1, 0.15) is 5.39 Å². The van der Waals surface area contributed by atoms with Crippen molar-refractivity contribution in [1.29, 1.82) is 0 Å². The Labute approximate surface area is 133 Å². The lowest BCUT2D eigenvalue weighted by molar-refractivity contribution is -0.206. The van der Waals surface area contributed by atoms with Crippen molar-refractivity contribution in [3.63, 3.8) is 0 Å². The molecule has 2 heterocycles. The summed E-state index contributed by atoms with van der Waals surface area (Å²) >= 11 is 0. The van der Waals surface area contributed by atoms with Gasteiger partial charge in [-0.15, -0.1) is 0 Å². The van der Waals surface area contributed by atoms with Crippen molar-refractivity contribution in [2.45, 2.75) is 19.2 Å². The largest absolute Gasteiger partial charge is 0.418 e. The van der Waals surface area contributed by atoms with Crippen molar-refractivity contribution >= 4 is 22.4 Å². The number of aryl methyl sites for hydroxylation is 1. The van der Waals surface area contributed by atoms with E-state index in [0.29, 0.717) is 16.6 Å². The van der Waals surface area contributed by atoms with Gasteiger partial charge in [0.05, 0.1) is 5.52 Å². The molecule has 1 atom stereocenters. The predicted octanol–water partition coefficient (Wildman–Crippen LogP) is 2.90. The third kappa shape index (κ3) is 2.85. The number of hydrogen-bond acceptors (Lipinski definition) is 4. The molecular formula is C15H13F3N4O2. The quantitative estimate of drug-likeness (QED) is 0.591. The molecule has 126 valence electrons. The van der Waals surface area contributed by atoms with Gasteiger partial charge in [0.25, 0.3) is 5.56 Å². The van der Waals surface area contributed by atoms with E-state index in [9.17, 15) is 23.1 Å². The number of anilines is 2. The van der Waals surface area contributed by atoms with Crippen LogP contribution in [0.15, 0.2) is 35.3 Å². The van der Waals surface area contributed by atoms with Crippen LogP contribution in [0, 0.1) is 6.92 Å². The third-order valence-corrected chi connectivity index (χ3v) is 3.62. The van der Waals surface area contributed by atoms with Crippen molar-refractivity contribution in [3.05, 3.63) is 51.9 Å². The molecule has 0 aliphatic rings. The van der Waals surface area contributed by atoms with Crippen molar-refractivity contribution in [2.24, 2.45) is 0 Å². The monoisotopic (exact) mass is 338 g/mol. The minimum atomic E-state index is -4.73. The highest BCUT2D eigenvalue weighted by Crippen LogP contribution is 2.35. The molecule has 0 saturated carbocycles. The molecule has 6 nitrogen and oxygen atoms in total. The van der Waals surface area contributed by atoms with Gasteiger partial charge in [-0.3, -0.25) is 9.89 Å². The average Bonchev–Trinajstić information content (AvgIpc) is 2.90. The lowest BCUT2D eigenvalue weighted by Crippen LogP contribution is -2.21. The van der Waals surface area contributed by atoms with E-state index in [1.54, 1.807) is 6.07 Å². The summed E-state index contributed by atoms with van der Waals surface area (Å²) in [6.45, 7) is 1.46. The lowest BCUT2D eigenvalue weighted by Gasteiger charge is -2.17. The summed E-state index contributed by atoms with van der Waals surface area (Å²) in [6, 6.07) is 5.66. The summed E-state index contributed by atoms with van der Waals surface area (Å²) in [5, 5.41) is 19.2. The number of nitrogens with zero attached hydrogens (tertiary/aromatic N) is 1. The Balaban J connectivity index is 1.94. The predicted molar refractivity (Wildman–Crippen MR) is 82.2 cm³/mol. The maximum Gasteiger partial charge on any atom is 0.418 e. The Kier molecular flexibility index (Phi) is 3.80. The van der Waals surface area contributed by atoms with Crippen LogP contribution in [0.25, 0.3) is 10.9 Å². The zero-order valence-electron chi connectivity index (χ0n) is 12.4. The molecule has 0 radical (unpaired) electrons. The summed E-state index contributed by atoms with van der Waals surface area (Å²) in [4.78, 5) is 14.4. The molecular weight excluding hydrogens is 325 g/mol. The average molecular weight is 338 g/mol. The number of H-pyrrole nitrogens is 2. The molecule has 1 aromatic carbocycles. The first-order chi connectivity index (χ1) is 11.3. The summed E-state index contributed by atoms with van der Waals surface area (Å²) in [7, 11) is 0. The van der Waals surface area contributed by atoms with Crippen LogP contribution in [0.4, 0.5) is 24.7 Å². The van der Waals surface area contributed by atoms with Crippen LogP contribution in [0.2, 0.25) is 0 Å². The molecule has 0 aliphatic heterocycles. The molecule has 0 amide bonds. The van der Waals surface area contributed by atoms with E-state index >= 15 is 0 Å². The molecule has 3 aromatic rings. The van der Waals surface area contributed by atoms with Crippen molar-refractivity contribution in [1.82, 2.24) is 15.2 Å². The number of hydrogen-bond donors (Lipinski definition) is 4. The van der Waals surface area contributed by atoms with E-state index in [1.165, 1.54) is 31.3 Å². The van der Waals surface area contributed by atoms with Gasteiger partial charge in [-0.2, -0.15) is 18.3 Å². The van der Waals surface area contributed by atoms with Crippen LogP contribution < -0.4 is 10.9 Å². The first kappa shape index (κ1) is 16.1. The maximum atomic E-state index is 12.6. The number of aliphatic hydroxyl groups is 1. The zero-order chi connectivity index (χ0) is 17.5. The molecule has 3 rings (SSSR count). The van der Waals surface area contributed by atoms with Gasteiger partial charge < -0.3 is 15.4 Å². The minimum Gasteiger partial charge on any atom is -0.379 e. The highest BCUT2D eigenvalue weighted by atomic mass is 19.4. The zero-order valence-corrected chi connectivity index (χ0v) is 12.4. The first-order valence-electron chi connectivity index (χ1n) is 6.95. The smallest absolute Gasteiger partial charge is 0.379 e. The van der Waals surface area contributed by atoms with Gasteiger partial charge in [0.15, 0.2) is 11.9 Å². The molecule has 1 unspecified atom stereocenters. The lowest BCUT2D eigenvalue weighted by atomic mass is 10.0. The molecule has 4 N–H and O–H groups in total. The Morgan fingerprint density at radius 2 is 2.04 bits per heavy atom. The number of nitrogens with one attached hydrogen (secondary N) is 3. The summed E-state index contributed by atoms with van der Waals surface area (Å²) in [5.41, 5.74) is 0.672. The van der Waals surface area contributed by atoms with Crippen molar-refractivity contribution in [3.8, 4) is 0 Å². The normalized spacial score (nSPS) is 13.2. The number of fused-ring (bicyclic) bond motifs is 1. The van der Waals surface area contributed by atoms with Crippen molar-refractivity contribution < 1.29 is 18.3 Å². The van der Waals surface area contributed by atoms with Crippen LogP contribution in [-0.2, 0) is 0 Å². The topological polar surface area (TPSA) is 93.8 Å². The fraction of sp³-hybridized carbons (Fsp3) is 0.200. The van der Waals surface area contributed by atoms with Crippen LogP contribution in [0.1, 0.15) is 17.2 Å². The number of halogens is 3. The molecule has 0 spiro atoms. The Morgan fingerprint density at radius 1 is 1.29 bits per heavy atom. The fourth-order valence-electron chi connectivity index (χ4n) is 2.44. The van der Waals surface area contributed by atoms with Crippen LogP contribution >= 0.6 is 0 Å². The second kappa shape index (κ2) is 5.68. The number of alkyl halides is 3. The molecule has 0 saturated heterocycles. The van der Waals surface area contributed by atoms with Gasteiger partial charge in [-0.05, 0) is 36.2 Å². The first-order valence-corrected chi connectivity index (χ1v) is 6.95. The van der Waals surface area contributed by atoms with E-state index in [4.69, 9.17) is 0 Å². The SMILES string of the molecule is Cc1cc(Nc2n[nH]c3cc[nH]c(=O)c23)ccc1C(O)C(F)(F)F. The van der Waals surface area contributed by atoms with Crippen molar-refractivity contribution in [2.75, 3.05) is 5.32 Å². The van der Waals surface area contributed by atoms with Gasteiger partial charge in [0.2, 0.25) is 0 Å². The highest BCUT2D eigenvalue weighted by molar-refractivity contribution is 5.90. The number of benzene rings is 1. The molecule has 24 heavy (non-hydrogen) atoms. The van der Waals surface area contributed by atoms with Crippen LogP contribution in [-0.4, -0.2) is 26.5 Å². The summed E-state index contributed by atoms with van der Waals surface area (Å²) in [5.74, 6) is 0.260. The van der Waals surface area contributed by atoms with Gasteiger partial charge >= 0.3 is 6.18 Å². The van der Waals surface area contributed by atoms with E-state index in [-0.39, 0.29) is 22.5 Å². The number of aromatic nitrogens is 3. The fourth-order valence-corrected chi connectivity index (χ4v) is 2.44. The molecule has 2 aromatic heterocycles. The Bertz CT molecular complexity index is 946. The second-order valence-corrected chi connectivity index (χ2v) is 5.31. The second-order valence-electron chi connectivity index (χ2n) is 5.31. The van der Waals surface area contributed by atoms with Gasteiger partial charge in [-0.1, -0.05) is 6.07 Å². The Hall–Kier alpha value is -2.81. The van der Waals surface area contributed by atoms with E-state index < -0.39 is 12.3 Å². The van der Waals surface area contributed by atoms with E-state index in [2.05, 4.69) is 20.5 Å². The van der Waals surface area contributed by atoms with Crippen LogP contribution in [0.3, 0.4) is 0 Å². The van der Waals surface area contributed by atoms with Gasteiger partial charge in [-0.25, -0.2) is 0 Å². The standard InChI is InChI=1S/C15H13F3N4O2/c1-7-6-8(2-3-9(7)12(23)15(16,17)18)20-13-11-10(21-22-13)4-5-19-14(11)24/h2-6,12,23H,1H3,(H,19,24)(H2,20,21,22). The molecule has 0 bridgehead atoms. The number of aromatic amines is 2. The molecule has 9 heteroatoms. The molecule has 0 fully saturated rings. The summed E-state index contributed by atoms with van der Waals surface area (Å²) < 4.78 is 37.9. The van der Waals surface area contributed by atoms with Crippen LogP contribution in [0.5, 0.6) is 0 Å². The molecule has 0 aliphatic carbocycles. The number of rotatable bonds is 3. The number of pyridine rings is 1. The minimum absolute atomic E-state index is 0.224. The van der Waals surface area contributed by atoms with E-state index in [0.717, 1.165) is 0 Å². The van der Waals surface area contributed by atoms with E-state index in [1.807, 2.05) is 0 Å². The highest BCUT2D eigenvalue weighted by Gasteiger charge is 2.40. The summed E-state index contributed by atoms with van der Waals surface area (Å²) in [6.07, 6.45) is -5.80.